The fraction of sp³-hybridized carbons (Fsp3) is 0. The molecular formula is C41H25N5. The number of nitrogens with zero attached hydrogens (tertiary/aromatic N) is 5. The first kappa shape index (κ1) is 26.1. The number of hydrogen-bond acceptors (Lipinski definition) is 5. The molecule has 0 aliphatic heterocycles. The van der Waals surface area contributed by atoms with Gasteiger partial charge in [0.25, 0.3) is 0 Å². The van der Waals surface area contributed by atoms with Gasteiger partial charge >= 0.3 is 0 Å². The molecule has 0 saturated carbocycles. The summed E-state index contributed by atoms with van der Waals surface area (Å²) < 4.78 is 0. The van der Waals surface area contributed by atoms with Crippen LogP contribution in [0.25, 0.3) is 88.8 Å². The first-order valence-electron chi connectivity index (χ1n) is 15.3. The number of rotatable bonds is 4. The Morgan fingerprint density at radius 1 is 0.370 bits per heavy atom. The van der Waals surface area contributed by atoms with Crippen LogP contribution in [-0.2, 0) is 0 Å². The summed E-state index contributed by atoms with van der Waals surface area (Å²) in [6.07, 6.45) is 1.82. The Hall–Kier alpha value is -6.33. The van der Waals surface area contributed by atoms with E-state index < -0.39 is 0 Å². The van der Waals surface area contributed by atoms with Gasteiger partial charge in [0, 0.05) is 50.0 Å². The molecule has 0 saturated heterocycles. The lowest BCUT2D eigenvalue weighted by atomic mass is 9.98. The molecule has 46 heavy (non-hydrogen) atoms. The quantitative estimate of drug-likeness (QED) is 0.151. The molecule has 0 aliphatic carbocycles. The highest BCUT2D eigenvalue weighted by Crippen LogP contribution is 2.36. The maximum Gasteiger partial charge on any atom is 0.161 e. The van der Waals surface area contributed by atoms with Gasteiger partial charge in [-0.3, -0.25) is 4.98 Å². The summed E-state index contributed by atoms with van der Waals surface area (Å²) >= 11 is 0. The van der Waals surface area contributed by atoms with E-state index in [9.17, 15) is 0 Å². The van der Waals surface area contributed by atoms with Gasteiger partial charge in [0.1, 0.15) is 0 Å². The summed E-state index contributed by atoms with van der Waals surface area (Å²) in [5.41, 5.74) is 9.04. The van der Waals surface area contributed by atoms with Crippen molar-refractivity contribution in [3.8, 4) is 45.2 Å². The molecule has 214 valence electrons. The van der Waals surface area contributed by atoms with Gasteiger partial charge in [-0.05, 0) is 29.7 Å². The molecule has 0 spiro atoms. The standard InChI is InChI=1S/C41H25N5/c1-3-11-26(12-4-1)35-25-36(44-40(43-35)28-13-5-2-6-14-28)29-15-9-16-30(23-29)37-33-19-8-7-18-32(33)34-24-31-21-20-27-17-10-22-42-38(27)39(31)46-41(34)45-37/h1-25H. The van der Waals surface area contributed by atoms with Crippen molar-refractivity contribution in [1.82, 2.24) is 24.9 Å². The van der Waals surface area contributed by atoms with Crippen LogP contribution in [0.2, 0.25) is 0 Å². The van der Waals surface area contributed by atoms with Crippen LogP contribution in [0.5, 0.6) is 0 Å². The average Bonchev–Trinajstić information content (AvgIpc) is 3.14. The molecule has 5 aromatic carbocycles. The summed E-state index contributed by atoms with van der Waals surface area (Å²) in [5, 5.41) is 5.32. The van der Waals surface area contributed by atoms with E-state index >= 15 is 0 Å². The maximum absolute atomic E-state index is 5.22. The maximum atomic E-state index is 5.22. The van der Waals surface area contributed by atoms with Crippen LogP contribution in [0.3, 0.4) is 0 Å². The fourth-order valence-electron chi connectivity index (χ4n) is 6.25. The molecule has 0 radical (unpaired) electrons. The molecule has 4 aromatic heterocycles. The van der Waals surface area contributed by atoms with Crippen LogP contribution >= 0.6 is 0 Å². The number of aromatic nitrogens is 5. The van der Waals surface area contributed by atoms with E-state index in [1.54, 1.807) is 0 Å². The minimum absolute atomic E-state index is 0.688. The van der Waals surface area contributed by atoms with Gasteiger partial charge < -0.3 is 0 Å². The van der Waals surface area contributed by atoms with E-state index in [0.717, 1.165) is 77.3 Å². The molecule has 9 rings (SSSR count). The molecule has 5 nitrogen and oxygen atoms in total. The highest BCUT2D eigenvalue weighted by molar-refractivity contribution is 6.14. The lowest BCUT2D eigenvalue weighted by Crippen LogP contribution is -1.96. The minimum Gasteiger partial charge on any atom is -0.254 e. The largest absolute Gasteiger partial charge is 0.254 e. The SMILES string of the molecule is c1ccc(-c2cc(-c3cccc(-c4nc5nc6c(ccc7cccnc76)cc5c5ccccc45)c3)nc(-c3ccccc3)n2)cc1. The third kappa shape index (κ3) is 4.45. The van der Waals surface area contributed by atoms with Crippen molar-refractivity contribution in [3.63, 3.8) is 0 Å². The number of hydrogen-bond donors (Lipinski definition) is 0. The van der Waals surface area contributed by atoms with Gasteiger partial charge in [-0.1, -0.05) is 121 Å². The molecule has 0 N–H and O–H groups in total. The van der Waals surface area contributed by atoms with Gasteiger partial charge in [0.05, 0.1) is 28.1 Å². The van der Waals surface area contributed by atoms with Gasteiger partial charge in [0.2, 0.25) is 0 Å². The summed E-state index contributed by atoms with van der Waals surface area (Å²) in [6, 6.07) is 49.8. The van der Waals surface area contributed by atoms with Crippen molar-refractivity contribution >= 4 is 43.6 Å². The predicted octanol–water partition coefficient (Wildman–Crippen LogP) is 9.94. The van der Waals surface area contributed by atoms with Crippen molar-refractivity contribution in [1.29, 1.82) is 0 Å². The molecule has 0 amide bonds. The number of pyridine rings is 3. The fourth-order valence-corrected chi connectivity index (χ4v) is 6.25. The van der Waals surface area contributed by atoms with Crippen molar-refractivity contribution in [3.05, 3.63) is 152 Å². The molecule has 0 bridgehead atoms. The molecule has 9 aromatic rings. The molecule has 0 unspecified atom stereocenters. The van der Waals surface area contributed by atoms with E-state index in [4.69, 9.17) is 19.9 Å². The summed E-state index contributed by atoms with van der Waals surface area (Å²) in [5.74, 6) is 0.688. The summed E-state index contributed by atoms with van der Waals surface area (Å²) in [4.78, 5) is 25.0. The Balaban J connectivity index is 1.25. The molecule has 5 heteroatoms. The van der Waals surface area contributed by atoms with E-state index in [0.29, 0.717) is 11.5 Å². The Kier molecular flexibility index (Phi) is 6.06. The molecular weight excluding hydrogens is 562 g/mol. The zero-order valence-electron chi connectivity index (χ0n) is 24.7. The summed E-state index contributed by atoms with van der Waals surface area (Å²) in [6.45, 7) is 0. The van der Waals surface area contributed by atoms with Crippen molar-refractivity contribution in [2.75, 3.05) is 0 Å². The zero-order chi connectivity index (χ0) is 30.5. The smallest absolute Gasteiger partial charge is 0.161 e. The van der Waals surface area contributed by atoms with E-state index in [-0.39, 0.29) is 0 Å². The van der Waals surface area contributed by atoms with Gasteiger partial charge in [-0.25, -0.2) is 19.9 Å². The van der Waals surface area contributed by atoms with Crippen molar-refractivity contribution in [2.24, 2.45) is 0 Å². The highest BCUT2D eigenvalue weighted by Gasteiger charge is 2.16. The molecule has 0 fully saturated rings. The molecule has 0 aliphatic rings. The van der Waals surface area contributed by atoms with E-state index in [1.165, 1.54) is 0 Å². The topological polar surface area (TPSA) is 64.5 Å². The van der Waals surface area contributed by atoms with Gasteiger partial charge in [0.15, 0.2) is 11.5 Å². The van der Waals surface area contributed by atoms with Gasteiger partial charge in [-0.2, -0.15) is 0 Å². The average molecular weight is 588 g/mol. The third-order valence-electron chi connectivity index (χ3n) is 8.49. The second-order valence-corrected chi connectivity index (χ2v) is 11.4. The van der Waals surface area contributed by atoms with Gasteiger partial charge in [-0.15, -0.1) is 0 Å². The lowest BCUT2D eigenvalue weighted by molar-refractivity contribution is 1.18. The zero-order valence-corrected chi connectivity index (χ0v) is 24.7. The van der Waals surface area contributed by atoms with E-state index in [1.807, 2.05) is 60.8 Å². The third-order valence-corrected chi connectivity index (χ3v) is 8.49. The van der Waals surface area contributed by atoms with Crippen LogP contribution in [0.15, 0.2) is 152 Å². The van der Waals surface area contributed by atoms with Crippen LogP contribution in [-0.4, -0.2) is 24.9 Å². The Bertz CT molecular complexity index is 2520. The summed E-state index contributed by atoms with van der Waals surface area (Å²) in [7, 11) is 0. The number of benzene rings is 5. The Labute approximate surface area is 264 Å². The van der Waals surface area contributed by atoms with E-state index in [2.05, 4.69) is 96.0 Å². The second kappa shape index (κ2) is 10.7. The second-order valence-electron chi connectivity index (χ2n) is 11.4. The predicted molar refractivity (Wildman–Crippen MR) is 187 cm³/mol. The number of fused-ring (bicyclic) bond motifs is 6. The molecule has 0 atom stereocenters. The lowest BCUT2D eigenvalue weighted by Gasteiger charge is -2.13. The molecule has 4 heterocycles. The Morgan fingerprint density at radius 3 is 1.87 bits per heavy atom. The minimum atomic E-state index is 0.688. The first-order chi connectivity index (χ1) is 22.8. The van der Waals surface area contributed by atoms with Crippen molar-refractivity contribution < 1.29 is 0 Å². The first-order valence-corrected chi connectivity index (χ1v) is 15.3. The van der Waals surface area contributed by atoms with Crippen LogP contribution < -0.4 is 0 Å². The monoisotopic (exact) mass is 587 g/mol. The van der Waals surface area contributed by atoms with Crippen molar-refractivity contribution in [2.45, 2.75) is 0 Å². The Morgan fingerprint density at radius 2 is 1.04 bits per heavy atom. The van der Waals surface area contributed by atoms with Crippen LogP contribution in [0.1, 0.15) is 0 Å². The highest BCUT2D eigenvalue weighted by atomic mass is 14.9. The van der Waals surface area contributed by atoms with Crippen LogP contribution in [0, 0.1) is 0 Å². The van der Waals surface area contributed by atoms with Crippen LogP contribution in [0.4, 0.5) is 0 Å². The normalized spacial score (nSPS) is 11.5.